The van der Waals surface area contributed by atoms with E-state index in [0.29, 0.717) is 0 Å². The first kappa shape index (κ1) is 16.6. The molecule has 1 aromatic rings. The van der Waals surface area contributed by atoms with Crippen LogP contribution < -0.4 is 15.8 Å². The second-order valence-corrected chi connectivity index (χ2v) is 6.23. The Bertz CT molecular complexity index is 540. The lowest BCUT2D eigenvalue weighted by molar-refractivity contribution is -0.117. The Labute approximate surface area is 119 Å². The minimum atomic E-state index is -3.59. The molecule has 0 bridgehead atoms. The molecule has 0 aliphatic heterocycles. The Morgan fingerprint density at radius 1 is 1.30 bits per heavy atom. The maximum absolute atomic E-state index is 11.9. The summed E-state index contributed by atoms with van der Waals surface area (Å²) in [5, 5.41) is 3.25. The third-order valence-electron chi connectivity index (χ3n) is 2.86. The van der Waals surface area contributed by atoms with Crippen molar-refractivity contribution in [2.45, 2.75) is 31.2 Å². The highest BCUT2D eigenvalue weighted by Crippen LogP contribution is 2.16. The summed E-state index contributed by atoms with van der Waals surface area (Å²) in [5.41, 5.74) is 5.98. The molecule has 0 saturated carbocycles. The molecule has 0 aliphatic rings. The van der Waals surface area contributed by atoms with Crippen LogP contribution in [0.15, 0.2) is 29.2 Å². The summed E-state index contributed by atoms with van der Waals surface area (Å²) in [4.78, 5) is 10.8. The van der Waals surface area contributed by atoms with Crippen molar-refractivity contribution >= 4 is 15.9 Å². The summed E-state index contributed by atoms with van der Waals surface area (Å²) in [6.45, 7) is 4.87. The van der Waals surface area contributed by atoms with Crippen LogP contribution in [0.2, 0.25) is 0 Å². The van der Waals surface area contributed by atoms with Gasteiger partial charge in [-0.15, -0.1) is 0 Å². The number of benzene rings is 1. The van der Waals surface area contributed by atoms with E-state index in [1.807, 2.05) is 13.8 Å². The van der Waals surface area contributed by atoms with Gasteiger partial charge >= 0.3 is 0 Å². The van der Waals surface area contributed by atoms with Crippen molar-refractivity contribution in [3.63, 3.8) is 0 Å². The Kier molecular flexibility index (Phi) is 6.12. The molecule has 20 heavy (non-hydrogen) atoms. The Morgan fingerprint density at radius 2 is 1.90 bits per heavy atom. The number of hydrogen-bond donors (Lipinski definition) is 3. The average molecular weight is 299 g/mol. The van der Waals surface area contributed by atoms with E-state index in [9.17, 15) is 13.2 Å². The standard InChI is InChI=1S/C13H21N3O3S/c1-3-15-10(2)11-4-6-12(7-5-11)20(18,19)16-9-8-13(14)17/h4-7,10,15-16H,3,8-9H2,1-2H3,(H2,14,17). The second-order valence-electron chi connectivity index (χ2n) is 4.46. The first-order valence-electron chi connectivity index (χ1n) is 6.48. The summed E-state index contributed by atoms with van der Waals surface area (Å²) >= 11 is 0. The highest BCUT2D eigenvalue weighted by Gasteiger charge is 2.14. The summed E-state index contributed by atoms with van der Waals surface area (Å²) in [5.74, 6) is -0.539. The molecule has 0 fully saturated rings. The predicted molar refractivity (Wildman–Crippen MR) is 77.5 cm³/mol. The van der Waals surface area contributed by atoms with Crippen LogP contribution in [0.3, 0.4) is 0 Å². The van der Waals surface area contributed by atoms with Gasteiger partial charge in [-0.05, 0) is 31.2 Å². The van der Waals surface area contributed by atoms with E-state index in [1.165, 1.54) is 0 Å². The number of carbonyl (C=O) groups is 1. The monoisotopic (exact) mass is 299 g/mol. The van der Waals surface area contributed by atoms with E-state index in [0.717, 1.165) is 12.1 Å². The van der Waals surface area contributed by atoms with Gasteiger partial charge in [0.25, 0.3) is 0 Å². The van der Waals surface area contributed by atoms with E-state index in [1.54, 1.807) is 24.3 Å². The van der Waals surface area contributed by atoms with Crippen molar-refractivity contribution in [3.05, 3.63) is 29.8 Å². The quantitative estimate of drug-likeness (QED) is 0.651. The molecule has 1 atom stereocenters. The summed E-state index contributed by atoms with van der Waals surface area (Å²) in [7, 11) is -3.59. The van der Waals surface area contributed by atoms with Crippen LogP contribution in [0.25, 0.3) is 0 Å². The maximum atomic E-state index is 11.9. The number of amides is 1. The van der Waals surface area contributed by atoms with Crippen LogP contribution in [0.4, 0.5) is 0 Å². The zero-order valence-electron chi connectivity index (χ0n) is 11.7. The van der Waals surface area contributed by atoms with E-state index in [4.69, 9.17) is 5.73 Å². The Hall–Kier alpha value is -1.44. The molecule has 0 heterocycles. The van der Waals surface area contributed by atoms with Gasteiger partial charge in [0.2, 0.25) is 15.9 Å². The normalized spacial score (nSPS) is 13.1. The number of rotatable bonds is 8. The molecule has 0 aliphatic carbocycles. The lowest BCUT2D eigenvalue weighted by Crippen LogP contribution is -2.28. The number of primary amides is 1. The van der Waals surface area contributed by atoms with Gasteiger partial charge < -0.3 is 11.1 Å². The molecule has 0 radical (unpaired) electrons. The van der Waals surface area contributed by atoms with E-state index < -0.39 is 15.9 Å². The topological polar surface area (TPSA) is 101 Å². The molecule has 6 nitrogen and oxygen atoms in total. The summed E-state index contributed by atoms with van der Waals surface area (Å²) < 4.78 is 26.2. The number of sulfonamides is 1. The fraction of sp³-hybridized carbons (Fsp3) is 0.462. The molecule has 1 amide bonds. The number of carbonyl (C=O) groups excluding carboxylic acids is 1. The van der Waals surface area contributed by atoms with Crippen molar-refractivity contribution in [3.8, 4) is 0 Å². The van der Waals surface area contributed by atoms with Crippen LogP contribution >= 0.6 is 0 Å². The van der Waals surface area contributed by atoms with Gasteiger partial charge in [0.1, 0.15) is 0 Å². The smallest absolute Gasteiger partial charge is 0.240 e. The first-order chi connectivity index (χ1) is 9.36. The molecule has 112 valence electrons. The summed E-state index contributed by atoms with van der Waals surface area (Å²) in [6, 6.07) is 6.82. The molecule has 0 saturated heterocycles. The first-order valence-corrected chi connectivity index (χ1v) is 7.96. The molecule has 0 aromatic heterocycles. The van der Waals surface area contributed by atoms with Crippen molar-refractivity contribution in [1.29, 1.82) is 0 Å². The summed E-state index contributed by atoms with van der Waals surface area (Å²) in [6.07, 6.45) is -0.0191. The molecule has 1 unspecified atom stereocenters. The third-order valence-corrected chi connectivity index (χ3v) is 4.34. The number of hydrogen-bond acceptors (Lipinski definition) is 4. The van der Waals surface area contributed by atoms with Gasteiger partial charge in [-0.2, -0.15) is 0 Å². The van der Waals surface area contributed by atoms with Crippen LogP contribution in [0.5, 0.6) is 0 Å². The highest BCUT2D eigenvalue weighted by atomic mass is 32.2. The number of nitrogens with one attached hydrogen (secondary N) is 2. The Balaban J connectivity index is 2.74. The van der Waals surface area contributed by atoms with Crippen molar-refractivity contribution in [2.75, 3.05) is 13.1 Å². The number of nitrogens with two attached hydrogens (primary N) is 1. The molecule has 1 aromatic carbocycles. The largest absolute Gasteiger partial charge is 0.370 e. The van der Waals surface area contributed by atoms with Gasteiger partial charge in [0.15, 0.2) is 0 Å². The fourth-order valence-electron chi connectivity index (χ4n) is 1.75. The lowest BCUT2D eigenvalue weighted by atomic mass is 10.1. The third kappa shape index (κ3) is 4.92. The fourth-order valence-corrected chi connectivity index (χ4v) is 2.78. The van der Waals surface area contributed by atoms with Crippen LogP contribution in [-0.2, 0) is 14.8 Å². The zero-order chi connectivity index (χ0) is 15.2. The van der Waals surface area contributed by atoms with Crippen molar-refractivity contribution in [1.82, 2.24) is 10.0 Å². The molecule has 1 rings (SSSR count). The van der Waals surface area contributed by atoms with Gasteiger partial charge in [-0.3, -0.25) is 4.79 Å². The van der Waals surface area contributed by atoms with Crippen molar-refractivity contribution in [2.24, 2.45) is 5.73 Å². The van der Waals surface area contributed by atoms with Gasteiger partial charge in [-0.1, -0.05) is 19.1 Å². The molecule has 0 spiro atoms. The molecular formula is C13H21N3O3S. The van der Waals surface area contributed by atoms with Gasteiger partial charge in [0.05, 0.1) is 4.90 Å². The minimum absolute atomic E-state index is 0.00715. The zero-order valence-corrected chi connectivity index (χ0v) is 12.5. The predicted octanol–water partition coefficient (Wildman–Crippen LogP) is 0.511. The van der Waals surface area contributed by atoms with Crippen molar-refractivity contribution < 1.29 is 13.2 Å². The second kappa shape index (κ2) is 7.37. The molecular weight excluding hydrogens is 278 g/mol. The average Bonchev–Trinajstić information content (AvgIpc) is 2.38. The van der Waals surface area contributed by atoms with Crippen LogP contribution in [0, 0.1) is 0 Å². The maximum Gasteiger partial charge on any atom is 0.240 e. The highest BCUT2D eigenvalue weighted by molar-refractivity contribution is 7.89. The van der Waals surface area contributed by atoms with E-state index in [-0.39, 0.29) is 23.9 Å². The van der Waals surface area contributed by atoms with E-state index >= 15 is 0 Å². The molecule has 4 N–H and O–H groups in total. The SMILES string of the molecule is CCNC(C)c1ccc(S(=O)(=O)NCCC(N)=O)cc1. The van der Waals surface area contributed by atoms with Gasteiger partial charge in [-0.25, -0.2) is 13.1 Å². The minimum Gasteiger partial charge on any atom is -0.370 e. The Morgan fingerprint density at radius 3 is 2.40 bits per heavy atom. The lowest BCUT2D eigenvalue weighted by Gasteiger charge is -2.13. The van der Waals surface area contributed by atoms with E-state index in [2.05, 4.69) is 10.0 Å². The molecule has 7 heteroatoms. The van der Waals surface area contributed by atoms with Crippen LogP contribution in [-0.4, -0.2) is 27.4 Å². The van der Waals surface area contributed by atoms with Crippen LogP contribution in [0.1, 0.15) is 31.9 Å². The van der Waals surface area contributed by atoms with Gasteiger partial charge in [0, 0.05) is 19.0 Å².